The summed E-state index contributed by atoms with van der Waals surface area (Å²) < 4.78 is 1.85. The number of aliphatic hydroxyl groups is 1. The third-order valence-electron chi connectivity index (χ3n) is 2.42. The van der Waals surface area contributed by atoms with Crippen molar-refractivity contribution in [2.75, 3.05) is 0 Å². The fourth-order valence-corrected chi connectivity index (χ4v) is 2.29. The third-order valence-corrected chi connectivity index (χ3v) is 3.34. The first-order valence-electron chi connectivity index (χ1n) is 4.97. The van der Waals surface area contributed by atoms with E-state index in [0.717, 1.165) is 22.7 Å². The van der Waals surface area contributed by atoms with E-state index in [9.17, 15) is 5.11 Å². The Morgan fingerprint density at radius 3 is 2.93 bits per heavy atom. The average molecular weight is 222 g/mol. The van der Waals surface area contributed by atoms with Gasteiger partial charge in [0, 0.05) is 23.2 Å². The molecule has 2 aromatic heterocycles. The van der Waals surface area contributed by atoms with Crippen molar-refractivity contribution in [3.8, 4) is 0 Å². The van der Waals surface area contributed by atoms with Crippen molar-refractivity contribution in [2.24, 2.45) is 0 Å². The Morgan fingerprint density at radius 2 is 2.40 bits per heavy atom. The molecule has 0 saturated heterocycles. The Balaban J connectivity index is 2.33. The Bertz CT molecular complexity index is 433. The Morgan fingerprint density at radius 1 is 1.60 bits per heavy atom. The lowest BCUT2D eigenvalue weighted by Gasteiger charge is -2.06. The molecule has 0 spiro atoms. The summed E-state index contributed by atoms with van der Waals surface area (Å²) in [4.78, 5) is 0.966. The number of rotatable bonds is 3. The summed E-state index contributed by atoms with van der Waals surface area (Å²) in [5, 5.41) is 16.4. The second-order valence-electron chi connectivity index (χ2n) is 3.44. The van der Waals surface area contributed by atoms with E-state index in [2.05, 4.69) is 5.10 Å². The van der Waals surface area contributed by atoms with Crippen molar-refractivity contribution >= 4 is 11.3 Å². The van der Waals surface area contributed by atoms with E-state index < -0.39 is 6.10 Å². The minimum absolute atomic E-state index is 0.537. The van der Waals surface area contributed by atoms with E-state index in [1.54, 1.807) is 11.3 Å². The van der Waals surface area contributed by atoms with Gasteiger partial charge in [0.15, 0.2) is 0 Å². The predicted octanol–water partition coefficient (Wildman–Crippen LogP) is 2.35. The largest absolute Gasteiger partial charge is 0.383 e. The number of hydrogen-bond donors (Lipinski definition) is 1. The van der Waals surface area contributed by atoms with Gasteiger partial charge in [-0.25, -0.2) is 0 Å². The molecule has 0 aliphatic heterocycles. The molecule has 0 bridgehead atoms. The van der Waals surface area contributed by atoms with Gasteiger partial charge in [-0.2, -0.15) is 5.10 Å². The minimum Gasteiger partial charge on any atom is -0.383 e. The Kier molecular flexibility index (Phi) is 2.88. The van der Waals surface area contributed by atoms with Crippen LogP contribution in [-0.2, 0) is 6.54 Å². The third kappa shape index (κ3) is 1.96. The molecule has 2 aromatic rings. The molecular weight excluding hydrogens is 208 g/mol. The average Bonchev–Trinajstić information content (AvgIpc) is 2.85. The lowest BCUT2D eigenvalue weighted by Crippen LogP contribution is -1.97. The number of nitrogens with zero attached hydrogens (tertiary/aromatic N) is 2. The van der Waals surface area contributed by atoms with Gasteiger partial charge in [0.2, 0.25) is 0 Å². The van der Waals surface area contributed by atoms with Crippen LogP contribution in [0.5, 0.6) is 0 Å². The first kappa shape index (κ1) is 10.4. The zero-order chi connectivity index (χ0) is 10.8. The smallest absolute Gasteiger partial charge is 0.116 e. The molecule has 0 fully saturated rings. The maximum atomic E-state index is 10.1. The van der Waals surface area contributed by atoms with Gasteiger partial charge in [-0.15, -0.1) is 11.3 Å². The number of aromatic nitrogens is 2. The van der Waals surface area contributed by atoms with Crippen LogP contribution in [0.2, 0.25) is 0 Å². The van der Waals surface area contributed by atoms with Crippen LogP contribution in [0.25, 0.3) is 0 Å². The Labute approximate surface area is 93.0 Å². The lowest BCUT2D eigenvalue weighted by molar-refractivity contribution is 0.223. The van der Waals surface area contributed by atoms with Gasteiger partial charge in [0.25, 0.3) is 0 Å². The minimum atomic E-state index is -0.537. The molecule has 1 unspecified atom stereocenters. The molecule has 15 heavy (non-hydrogen) atoms. The van der Waals surface area contributed by atoms with Gasteiger partial charge >= 0.3 is 0 Å². The van der Waals surface area contributed by atoms with Crippen LogP contribution >= 0.6 is 11.3 Å². The molecule has 0 amide bonds. The van der Waals surface area contributed by atoms with E-state index in [1.807, 2.05) is 42.2 Å². The summed E-state index contributed by atoms with van der Waals surface area (Å²) in [6.45, 7) is 4.80. The van der Waals surface area contributed by atoms with Gasteiger partial charge in [0.1, 0.15) is 6.10 Å². The zero-order valence-corrected chi connectivity index (χ0v) is 9.66. The molecule has 1 atom stereocenters. The summed E-state index contributed by atoms with van der Waals surface area (Å²) in [6, 6.07) is 3.89. The van der Waals surface area contributed by atoms with Crippen LogP contribution in [0.1, 0.15) is 29.2 Å². The first-order chi connectivity index (χ1) is 7.22. The number of thiophene rings is 1. The summed E-state index contributed by atoms with van der Waals surface area (Å²) in [5.74, 6) is 0. The molecule has 0 aliphatic rings. The van der Waals surface area contributed by atoms with E-state index >= 15 is 0 Å². The molecule has 0 aliphatic carbocycles. The van der Waals surface area contributed by atoms with Gasteiger partial charge in [0.05, 0.1) is 5.69 Å². The van der Waals surface area contributed by atoms with Crippen LogP contribution in [0, 0.1) is 6.92 Å². The SMILES string of the molecule is CCn1cc(C(O)c2cccs2)c(C)n1. The quantitative estimate of drug-likeness (QED) is 0.865. The lowest BCUT2D eigenvalue weighted by atomic mass is 10.1. The molecule has 2 rings (SSSR count). The van der Waals surface area contributed by atoms with Crippen LogP contribution in [0.3, 0.4) is 0 Å². The van der Waals surface area contributed by atoms with Crippen LogP contribution in [0.4, 0.5) is 0 Å². The van der Waals surface area contributed by atoms with E-state index in [1.165, 1.54) is 0 Å². The van der Waals surface area contributed by atoms with Gasteiger partial charge in [-0.3, -0.25) is 4.68 Å². The fourth-order valence-electron chi connectivity index (χ4n) is 1.56. The molecule has 2 heterocycles. The van der Waals surface area contributed by atoms with Crippen molar-refractivity contribution in [2.45, 2.75) is 26.5 Å². The molecule has 0 radical (unpaired) electrons. The van der Waals surface area contributed by atoms with Gasteiger partial charge in [-0.05, 0) is 25.3 Å². The molecule has 1 N–H and O–H groups in total. The van der Waals surface area contributed by atoms with Crippen LogP contribution < -0.4 is 0 Å². The maximum absolute atomic E-state index is 10.1. The van der Waals surface area contributed by atoms with Gasteiger partial charge in [-0.1, -0.05) is 6.07 Å². The van der Waals surface area contributed by atoms with E-state index in [-0.39, 0.29) is 0 Å². The van der Waals surface area contributed by atoms with Crippen LogP contribution in [0.15, 0.2) is 23.7 Å². The Hall–Kier alpha value is -1.13. The topological polar surface area (TPSA) is 38.0 Å². The highest BCUT2D eigenvalue weighted by Crippen LogP contribution is 2.27. The summed E-state index contributed by atoms with van der Waals surface area (Å²) >= 11 is 1.56. The first-order valence-corrected chi connectivity index (χ1v) is 5.85. The monoisotopic (exact) mass is 222 g/mol. The maximum Gasteiger partial charge on any atom is 0.116 e. The molecule has 0 aromatic carbocycles. The second-order valence-corrected chi connectivity index (χ2v) is 4.42. The number of aliphatic hydroxyl groups excluding tert-OH is 1. The highest BCUT2D eigenvalue weighted by molar-refractivity contribution is 7.10. The molecule has 0 saturated carbocycles. The zero-order valence-electron chi connectivity index (χ0n) is 8.84. The van der Waals surface area contributed by atoms with Crippen LogP contribution in [-0.4, -0.2) is 14.9 Å². The van der Waals surface area contributed by atoms with Gasteiger partial charge < -0.3 is 5.11 Å². The standard InChI is InChI=1S/C11H14N2OS/c1-3-13-7-9(8(2)12-13)11(14)10-5-4-6-15-10/h4-7,11,14H,3H2,1-2H3. The summed E-state index contributed by atoms with van der Waals surface area (Å²) in [7, 11) is 0. The van der Waals surface area contributed by atoms with Crippen molar-refractivity contribution in [1.82, 2.24) is 9.78 Å². The number of hydrogen-bond acceptors (Lipinski definition) is 3. The molecule has 4 heteroatoms. The van der Waals surface area contributed by atoms with E-state index in [4.69, 9.17) is 0 Å². The van der Waals surface area contributed by atoms with Crippen molar-refractivity contribution in [3.63, 3.8) is 0 Å². The summed E-state index contributed by atoms with van der Waals surface area (Å²) in [5.41, 5.74) is 1.80. The van der Waals surface area contributed by atoms with Crippen molar-refractivity contribution in [3.05, 3.63) is 39.8 Å². The fraction of sp³-hybridized carbons (Fsp3) is 0.364. The predicted molar refractivity (Wildman–Crippen MR) is 61.0 cm³/mol. The van der Waals surface area contributed by atoms with E-state index in [0.29, 0.717) is 0 Å². The highest BCUT2D eigenvalue weighted by atomic mass is 32.1. The molecule has 80 valence electrons. The normalized spacial score (nSPS) is 13.0. The number of aryl methyl sites for hydroxylation is 2. The summed E-state index contributed by atoms with van der Waals surface area (Å²) in [6.07, 6.45) is 1.38. The molecular formula is C11H14N2OS. The van der Waals surface area contributed by atoms with Crippen molar-refractivity contribution in [1.29, 1.82) is 0 Å². The second kappa shape index (κ2) is 4.16. The molecule has 3 nitrogen and oxygen atoms in total. The van der Waals surface area contributed by atoms with Crippen molar-refractivity contribution < 1.29 is 5.11 Å². The highest BCUT2D eigenvalue weighted by Gasteiger charge is 2.16.